The monoisotopic (exact) mass is 238 g/mol. The average Bonchev–Trinajstić information content (AvgIpc) is 2.82. The zero-order valence-electron chi connectivity index (χ0n) is 10.2. The molecular formula is C13H19FN2O. The Morgan fingerprint density at radius 3 is 2.94 bits per heavy atom. The van der Waals surface area contributed by atoms with Crippen molar-refractivity contribution >= 4 is 0 Å². The first-order chi connectivity index (χ1) is 8.14. The second kappa shape index (κ2) is 5.10. The highest BCUT2D eigenvalue weighted by atomic mass is 19.1. The molecule has 94 valence electrons. The van der Waals surface area contributed by atoms with Crippen LogP contribution in [0.5, 0.6) is 0 Å². The third-order valence-corrected chi connectivity index (χ3v) is 3.48. The summed E-state index contributed by atoms with van der Waals surface area (Å²) < 4.78 is 18.5. The molecule has 1 saturated heterocycles. The molecule has 0 aromatic carbocycles. The van der Waals surface area contributed by atoms with Crippen LogP contribution in [0.1, 0.15) is 38.3 Å². The lowest BCUT2D eigenvalue weighted by atomic mass is 9.86. The molecule has 1 fully saturated rings. The summed E-state index contributed by atoms with van der Waals surface area (Å²) in [7, 11) is 0. The summed E-state index contributed by atoms with van der Waals surface area (Å²) in [4.78, 5) is 4.11. The number of hydrogen-bond acceptors (Lipinski definition) is 3. The lowest BCUT2D eigenvalue weighted by Crippen LogP contribution is -2.40. The van der Waals surface area contributed by atoms with E-state index in [-0.39, 0.29) is 11.9 Å². The van der Waals surface area contributed by atoms with Crippen molar-refractivity contribution in [1.82, 2.24) is 4.98 Å². The van der Waals surface area contributed by atoms with Gasteiger partial charge in [0.25, 0.3) is 0 Å². The fraction of sp³-hybridized carbons (Fsp3) is 0.615. The van der Waals surface area contributed by atoms with Crippen LogP contribution >= 0.6 is 0 Å². The van der Waals surface area contributed by atoms with Gasteiger partial charge in [-0.15, -0.1) is 0 Å². The fourth-order valence-electron chi connectivity index (χ4n) is 2.31. The minimum atomic E-state index is -0.511. The van der Waals surface area contributed by atoms with Crippen molar-refractivity contribution in [3.8, 4) is 0 Å². The third-order valence-electron chi connectivity index (χ3n) is 3.48. The first kappa shape index (κ1) is 12.5. The summed E-state index contributed by atoms with van der Waals surface area (Å²) in [5.74, 6) is -0.329. The molecule has 4 heteroatoms. The fourth-order valence-corrected chi connectivity index (χ4v) is 2.31. The molecule has 0 saturated carbocycles. The van der Waals surface area contributed by atoms with Crippen molar-refractivity contribution in [2.75, 3.05) is 6.61 Å². The number of ether oxygens (including phenoxy) is 1. The summed E-state index contributed by atoms with van der Waals surface area (Å²) in [5, 5.41) is 0. The van der Waals surface area contributed by atoms with E-state index in [1.54, 1.807) is 6.07 Å². The Kier molecular flexibility index (Phi) is 3.74. The lowest BCUT2D eigenvalue weighted by Gasteiger charge is -2.30. The molecule has 3 nitrogen and oxygen atoms in total. The smallest absolute Gasteiger partial charge is 0.141 e. The number of pyridine rings is 1. The van der Waals surface area contributed by atoms with E-state index in [1.165, 1.54) is 12.3 Å². The summed E-state index contributed by atoms with van der Waals surface area (Å²) in [6, 6.07) is 3.09. The molecule has 0 bridgehead atoms. The van der Waals surface area contributed by atoms with Gasteiger partial charge < -0.3 is 10.5 Å². The Labute approximate surface area is 101 Å². The highest BCUT2D eigenvalue weighted by molar-refractivity contribution is 5.16. The second-order valence-electron chi connectivity index (χ2n) is 4.71. The van der Waals surface area contributed by atoms with Crippen molar-refractivity contribution in [2.45, 2.75) is 44.2 Å². The van der Waals surface area contributed by atoms with Crippen molar-refractivity contribution in [3.63, 3.8) is 0 Å². The van der Waals surface area contributed by atoms with Crippen LogP contribution in [0.4, 0.5) is 4.39 Å². The van der Waals surface area contributed by atoms with Crippen LogP contribution in [-0.2, 0) is 10.3 Å². The van der Waals surface area contributed by atoms with Crippen LogP contribution in [0.15, 0.2) is 18.3 Å². The van der Waals surface area contributed by atoms with Crippen LogP contribution in [-0.4, -0.2) is 17.7 Å². The van der Waals surface area contributed by atoms with Gasteiger partial charge in [-0.1, -0.05) is 6.92 Å². The van der Waals surface area contributed by atoms with E-state index in [1.807, 2.05) is 6.92 Å². The maximum absolute atomic E-state index is 12.9. The topological polar surface area (TPSA) is 48.1 Å². The zero-order valence-corrected chi connectivity index (χ0v) is 10.2. The van der Waals surface area contributed by atoms with Crippen LogP contribution < -0.4 is 5.73 Å². The van der Waals surface area contributed by atoms with Gasteiger partial charge in [0.1, 0.15) is 5.82 Å². The molecule has 2 unspecified atom stereocenters. The molecule has 2 atom stereocenters. The molecule has 2 N–H and O–H groups in total. The second-order valence-corrected chi connectivity index (χ2v) is 4.71. The van der Waals surface area contributed by atoms with Crippen LogP contribution in [0, 0.1) is 5.82 Å². The number of halogens is 1. The quantitative estimate of drug-likeness (QED) is 0.876. The SMILES string of the molecule is CCC(N)(CC1CCCO1)c1ccc(F)cn1. The van der Waals surface area contributed by atoms with E-state index in [0.29, 0.717) is 0 Å². The summed E-state index contributed by atoms with van der Waals surface area (Å²) in [6.45, 7) is 2.85. The standard InChI is InChI=1S/C13H19FN2O/c1-2-13(15,8-11-4-3-7-17-11)12-6-5-10(14)9-16-12/h5-6,9,11H,2-4,7-8,15H2,1H3. The highest BCUT2D eigenvalue weighted by Gasteiger charge is 2.32. The molecule has 0 radical (unpaired) electrons. The van der Waals surface area contributed by atoms with Gasteiger partial charge in [0.15, 0.2) is 0 Å². The van der Waals surface area contributed by atoms with E-state index in [0.717, 1.165) is 38.0 Å². The lowest BCUT2D eigenvalue weighted by molar-refractivity contribution is 0.0806. The number of aromatic nitrogens is 1. The molecule has 0 aliphatic carbocycles. The van der Waals surface area contributed by atoms with Gasteiger partial charge >= 0.3 is 0 Å². The van der Waals surface area contributed by atoms with Crippen LogP contribution in [0.2, 0.25) is 0 Å². The average molecular weight is 238 g/mol. The minimum absolute atomic E-state index is 0.215. The predicted octanol–water partition coefficient (Wildman–Crippen LogP) is 2.35. The number of hydrogen-bond donors (Lipinski definition) is 1. The molecule has 0 spiro atoms. The normalized spacial score (nSPS) is 23.6. The number of nitrogens with zero attached hydrogens (tertiary/aromatic N) is 1. The van der Waals surface area contributed by atoms with Gasteiger partial charge in [-0.3, -0.25) is 4.98 Å². The maximum atomic E-state index is 12.9. The summed E-state index contributed by atoms with van der Waals surface area (Å²) in [6.07, 6.45) is 5.11. The van der Waals surface area contributed by atoms with Crippen LogP contribution in [0.25, 0.3) is 0 Å². The van der Waals surface area contributed by atoms with Crippen molar-refractivity contribution in [3.05, 3.63) is 29.8 Å². The van der Waals surface area contributed by atoms with E-state index in [4.69, 9.17) is 10.5 Å². The van der Waals surface area contributed by atoms with Crippen molar-refractivity contribution in [2.24, 2.45) is 5.73 Å². The predicted molar refractivity (Wildman–Crippen MR) is 63.9 cm³/mol. The first-order valence-electron chi connectivity index (χ1n) is 6.16. The Morgan fingerprint density at radius 2 is 2.41 bits per heavy atom. The Morgan fingerprint density at radius 1 is 1.59 bits per heavy atom. The third kappa shape index (κ3) is 2.82. The molecule has 2 rings (SSSR count). The molecular weight excluding hydrogens is 219 g/mol. The van der Waals surface area contributed by atoms with E-state index >= 15 is 0 Å². The van der Waals surface area contributed by atoms with Gasteiger partial charge in [0.2, 0.25) is 0 Å². The van der Waals surface area contributed by atoms with Crippen molar-refractivity contribution < 1.29 is 9.13 Å². The van der Waals surface area contributed by atoms with Gasteiger partial charge in [-0.25, -0.2) is 4.39 Å². The summed E-state index contributed by atoms with van der Waals surface area (Å²) in [5.41, 5.74) is 6.62. The van der Waals surface area contributed by atoms with E-state index < -0.39 is 5.54 Å². The Hall–Kier alpha value is -1.00. The Bertz CT molecular complexity index is 362. The largest absolute Gasteiger partial charge is 0.378 e. The molecule has 17 heavy (non-hydrogen) atoms. The Balaban J connectivity index is 2.14. The van der Waals surface area contributed by atoms with Gasteiger partial charge in [-0.05, 0) is 37.8 Å². The number of rotatable bonds is 4. The minimum Gasteiger partial charge on any atom is -0.378 e. The maximum Gasteiger partial charge on any atom is 0.141 e. The molecule has 0 amide bonds. The highest BCUT2D eigenvalue weighted by Crippen LogP contribution is 2.30. The number of nitrogens with two attached hydrogens (primary N) is 1. The summed E-state index contributed by atoms with van der Waals surface area (Å²) >= 11 is 0. The molecule has 2 heterocycles. The molecule has 1 aromatic heterocycles. The van der Waals surface area contributed by atoms with Gasteiger partial charge in [0.05, 0.1) is 23.5 Å². The molecule has 1 aromatic rings. The van der Waals surface area contributed by atoms with E-state index in [9.17, 15) is 4.39 Å². The first-order valence-corrected chi connectivity index (χ1v) is 6.16. The van der Waals surface area contributed by atoms with Crippen molar-refractivity contribution in [1.29, 1.82) is 0 Å². The molecule has 1 aliphatic rings. The van der Waals surface area contributed by atoms with Gasteiger partial charge in [0, 0.05) is 6.61 Å². The van der Waals surface area contributed by atoms with Crippen LogP contribution in [0.3, 0.4) is 0 Å². The van der Waals surface area contributed by atoms with E-state index in [2.05, 4.69) is 4.98 Å². The van der Waals surface area contributed by atoms with Gasteiger partial charge in [-0.2, -0.15) is 0 Å². The molecule has 1 aliphatic heterocycles. The zero-order chi connectivity index (χ0) is 12.3.